The quantitative estimate of drug-likeness (QED) is 0.112. The predicted molar refractivity (Wildman–Crippen MR) is 152 cm³/mol. The molecular formula is C27H27N7O3S2. The number of amides is 1. The SMILES string of the molecule is CC(C)OCCCn1c(=N)c(C(=O)Nc2nnc(SCc3ccccc3)s2)cc2c(=O)n3ccccc3nc21. The Kier molecular flexibility index (Phi) is 8.15. The molecule has 39 heavy (non-hydrogen) atoms. The van der Waals surface area contributed by atoms with Gasteiger partial charge in [0.25, 0.3) is 11.5 Å². The zero-order chi connectivity index (χ0) is 27.4. The van der Waals surface area contributed by atoms with E-state index >= 15 is 0 Å². The smallest absolute Gasteiger partial charge is 0.267 e. The van der Waals surface area contributed by atoms with Crippen molar-refractivity contribution in [2.75, 3.05) is 11.9 Å². The Hall–Kier alpha value is -3.87. The highest BCUT2D eigenvalue weighted by Crippen LogP contribution is 2.28. The van der Waals surface area contributed by atoms with Gasteiger partial charge in [0.15, 0.2) is 4.34 Å². The monoisotopic (exact) mass is 561 g/mol. The number of hydrogen-bond acceptors (Lipinski definition) is 9. The van der Waals surface area contributed by atoms with Crippen LogP contribution in [-0.4, -0.2) is 42.8 Å². The summed E-state index contributed by atoms with van der Waals surface area (Å²) in [6, 6.07) is 16.7. The second kappa shape index (κ2) is 11.9. The van der Waals surface area contributed by atoms with Crippen LogP contribution >= 0.6 is 23.1 Å². The molecule has 4 heterocycles. The molecule has 1 amide bonds. The molecule has 5 rings (SSSR count). The third kappa shape index (κ3) is 6.08. The largest absolute Gasteiger partial charge is 0.379 e. The van der Waals surface area contributed by atoms with E-state index in [1.807, 2.05) is 44.2 Å². The number of pyridine rings is 2. The number of nitrogens with zero attached hydrogens (tertiary/aromatic N) is 5. The fourth-order valence-electron chi connectivity index (χ4n) is 4.02. The van der Waals surface area contributed by atoms with Crippen molar-refractivity contribution in [3.05, 3.63) is 87.8 Å². The molecule has 0 aliphatic rings. The van der Waals surface area contributed by atoms with Gasteiger partial charge in [0.05, 0.1) is 17.1 Å². The van der Waals surface area contributed by atoms with E-state index < -0.39 is 5.91 Å². The summed E-state index contributed by atoms with van der Waals surface area (Å²) in [4.78, 5) is 31.4. The maximum atomic E-state index is 13.4. The molecule has 200 valence electrons. The molecular weight excluding hydrogens is 534 g/mol. The maximum Gasteiger partial charge on any atom is 0.267 e. The number of benzene rings is 1. The summed E-state index contributed by atoms with van der Waals surface area (Å²) in [5.74, 6) is 0.193. The highest BCUT2D eigenvalue weighted by atomic mass is 32.2. The first kappa shape index (κ1) is 26.7. The van der Waals surface area contributed by atoms with Gasteiger partial charge in [-0.1, -0.05) is 59.5 Å². The molecule has 4 aromatic heterocycles. The van der Waals surface area contributed by atoms with Crippen LogP contribution in [0.4, 0.5) is 5.13 Å². The van der Waals surface area contributed by atoms with Gasteiger partial charge >= 0.3 is 0 Å². The van der Waals surface area contributed by atoms with Crippen LogP contribution < -0.4 is 16.4 Å². The van der Waals surface area contributed by atoms with Gasteiger partial charge in [-0.05, 0) is 44.0 Å². The second-order valence-corrected chi connectivity index (χ2v) is 11.2. The van der Waals surface area contributed by atoms with Gasteiger partial charge in [0.1, 0.15) is 16.8 Å². The fourth-order valence-corrected chi connectivity index (χ4v) is 5.72. The van der Waals surface area contributed by atoms with Crippen molar-refractivity contribution < 1.29 is 9.53 Å². The van der Waals surface area contributed by atoms with E-state index in [-0.39, 0.29) is 28.1 Å². The summed E-state index contributed by atoms with van der Waals surface area (Å²) in [6.07, 6.45) is 2.30. The summed E-state index contributed by atoms with van der Waals surface area (Å²) in [7, 11) is 0. The third-order valence-electron chi connectivity index (χ3n) is 5.87. The zero-order valence-corrected chi connectivity index (χ0v) is 23.1. The lowest BCUT2D eigenvalue weighted by molar-refractivity contribution is 0.0748. The molecule has 0 aliphatic heterocycles. The lowest BCUT2D eigenvalue weighted by atomic mass is 10.2. The standard InChI is InChI=1S/C27H27N7O3S2/c1-17(2)37-14-8-13-34-22(28)19(15-20-23(34)29-21-11-6-7-12-33(21)25(20)36)24(35)30-26-31-32-27(39-26)38-16-18-9-4-3-5-10-18/h3-7,9-12,15,17,28H,8,13-14,16H2,1-2H3,(H,30,31,35). The van der Waals surface area contributed by atoms with Crippen molar-refractivity contribution in [3.8, 4) is 0 Å². The van der Waals surface area contributed by atoms with E-state index in [1.165, 1.54) is 33.6 Å². The first-order chi connectivity index (χ1) is 18.9. The van der Waals surface area contributed by atoms with Crippen LogP contribution in [0.1, 0.15) is 36.2 Å². The third-order valence-corrected chi connectivity index (χ3v) is 7.92. The number of nitrogens with one attached hydrogen (secondary N) is 2. The van der Waals surface area contributed by atoms with Crippen LogP contribution in [0.2, 0.25) is 0 Å². The Labute approximate surface area is 232 Å². The van der Waals surface area contributed by atoms with Crippen molar-refractivity contribution in [2.24, 2.45) is 0 Å². The summed E-state index contributed by atoms with van der Waals surface area (Å²) < 4.78 is 9.41. The van der Waals surface area contributed by atoms with E-state index in [1.54, 1.807) is 29.0 Å². The molecule has 0 aliphatic carbocycles. The van der Waals surface area contributed by atoms with Crippen molar-refractivity contribution in [1.82, 2.24) is 24.1 Å². The lowest BCUT2D eigenvalue weighted by Gasteiger charge is -2.15. The van der Waals surface area contributed by atoms with E-state index in [2.05, 4.69) is 20.5 Å². The van der Waals surface area contributed by atoms with Gasteiger partial charge in [0.2, 0.25) is 5.13 Å². The number of hydrogen-bond donors (Lipinski definition) is 2. The van der Waals surface area contributed by atoms with Gasteiger partial charge in [-0.25, -0.2) is 4.98 Å². The Bertz CT molecular complexity index is 1750. The predicted octanol–water partition coefficient (Wildman–Crippen LogP) is 4.34. The minimum Gasteiger partial charge on any atom is -0.379 e. The summed E-state index contributed by atoms with van der Waals surface area (Å²) in [5.41, 5.74) is 1.68. The van der Waals surface area contributed by atoms with Crippen LogP contribution in [0.5, 0.6) is 0 Å². The molecule has 0 saturated heterocycles. The van der Waals surface area contributed by atoms with Crippen LogP contribution in [-0.2, 0) is 17.0 Å². The van der Waals surface area contributed by atoms with E-state index in [4.69, 9.17) is 10.1 Å². The average Bonchev–Trinajstić information content (AvgIpc) is 3.38. The normalized spacial score (nSPS) is 11.5. The molecule has 12 heteroatoms. The first-order valence-corrected chi connectivity index (χ1v) is 14.2. The average molecular weight is 562 g/mol. The molecule has 0 saturated carbocycles. The minimum absolute atomic E-state index is 0.0417. The topological polar surface area (TPSA) is 127 Å². The zero-order valence-electron chi connectivity index (χ0n) is 21.5. The lowest BCUT2D eigenvalue weighted by Crippen LogP contribution is -2.32. The Morgan fingerprint density at radius 3 is 2.74 bits per heavy atom. The number of rotatable bonds is 10. The van der Waals surface area contributed by atoms with Gasteiger partial charge in [0, 0.05) is 25.1 Å². The van der Waals surface area contributed by atoms with Crippen molar-refractivity contribution in [3.63, 3.8) is 0 Å². The Balaban J connectivity index is 1.45. The molecule has 10 nitrogen and oxygen atoms in total. The number of thioether (sulfide) groups is 1. The van der Waals surface area contributed by atoms with Gasteiger partial charge in [-0.2, -0.15) is 0 Å². The molecule has 2 N–H and O–H groups in total. The number of ether oxygens (including phenoxy) is 1. The molecule has 5 aromatic rings. The Morgan fingerprint density at radius 2 is 1.95 bits per heavy atom. The molecule has 0 unspecified atom stereocenters. The van der Waals surface area contributed by atoms with E-state index in [0.29, 0.717) is 40.3 Å². The summed E-state index contributed by atoms with van der Waals surface area (Å²) in [5, 5.41) is 20.5. The van der Waals surface area contributed by atoms with Crippen LogP contribution in [0.3, 0.4) is 0 Å². The number of aryl methyl sites for hydroxylation is 1. The molecule has 1 aromatic carbocycles. The number of fused-ring (bicyclic) bond motifs is 2. The van der Waals surface area contributed by atoms with Crippen molar-refractivity contribution in [1.29, 1.82) is 5.41 Å². The number of aromatic nitrogens is 5. The van der Waals surface area contributed by atoms with E-state index in [9.17, 15) is 9.59 Å². The molecule has 0 radical (unpaired) electrons. The molecule has 0 bridgehead atoms. The minimum atomic E-state index is -0.539. The van der Waals surface area contributed by atoms with Crippen LogP contribution in [0.15, 0.2) is 69.9 Å². The molecule has 0 atom stereocenters. The highest BCUT2D eigenvalue weighted by Gasteiger charge is 2.19. The van der Waals surface area contributed by atoms with Gasteiger partial charge in [-0.15, -0.1) is 10.2 Å². The number of carbonyl (C=O) groups is 1. The van der Waals surface area contributed by atoms with Crippen molar-refractivity contribution >= 4 is 50.8 Å². The maximum absolute atomic E-state index is 13.4. The van der Waals surface area contributed by atoms with Gasteiger partial charge in [-0.3, -0.25) is 24.7 Å². The Morgan fingerprint density at radius 1 is 1.15 bits per heavy atom. The fraction of sp³-hybridized carbons (Fsp3) is 0.259. The summed E-state index contributed by atoms with van der Waals surface area (Å²) >= 11 is 2.79. The second-order valence-electron chi connectivity index (χ2n) is 9.02. The first-order valence-electron chi connectivity index (χ1n) is 12.4. The molecule has 0 fully saturated rings. The number of anilines is 1. The van der Waals surface area contributed by atoms with E-state index in [0.717, 1.165) is 11.3 Å². The summed E-state index contributed by atoms with van der Waals surface area (Å²) in [6.45, 7) is 4.74. The van der Waals surface area contributed by atoms with Crippen LogP contribution in [0, 0.1) is 5.41 Å². The van der Waals surface area contributed by atoms with Crippen molar-refractivity contribution in [2.45, 2.75) is 43.0 Å². The molecule has 0 spiro atoms. The van der Waals surface area contributed by atoms with Gasteiger partial charge < -0.3 is 9.30 Å². The van der Waals surface area contributed by atoms with Crippen LogP contribution in [0.25, 0.3) is 16.7 Å². The highest BCUT2D eigenvalue weighted by molar-refractivity contribution is 8.00. The number of carbonyl (C=O) groups excluding carboxylic acids is 1.